The molecule has 0 aliphatic carbocycles. The molecule has 0 saturated heterocycles. The SMILES string of the molecule is COCc1[nH]n2c(=O)cc(-c3cnn(C)c3)nc2c1-c1ccc(OC)cc1. The van der Waals surface area contributed by atoms with Crippen LogP contribution in [-0.2, 0) is 18.4 Å². The zero-order valence-corrected chi connectivity index (χ0v) is 15.3. The van der Waals surface area contributed by atoms with E-state index in [4.69, 9.17) is 14.5 Å². The fraction of sp³-hybridized carbons (Fsp3) is 0.211. The third kappa shape index (κ3) is 3.00. The first kappa shape index (κ1) is 17.0. The van der Waals surface area contributed by atoms with E-state index in [0.717, 1.165) is 28.1 Å². The van der Waals surface area contributed by atoms with Crippen LogP contribution in [0.1, 0.15) is 5.69 Å². The summed E-state index contributed by atoms with van der Waals surface area (Å²) in [4.78, 5) is 17.4. The lowest BCUT2D eigenvalue weighted by Crippen LogP contribution is -2.14. The maximum absolute atomic E-state index is 12.7. The minimum Gasteiger partial charge on any atom is -0.497 e. The van der Waals surface area contributed by atoms with Crippen LogP contribution in [0.4, 0.5) is 0 Å². The molecular weight excluding hydrogens is 346 g/mol. The van der Waals surface area contributed by atoms with E-state index in [0.29, 0.717) is 17.9 Å². The van der Waals surface area contributed by atoms with Crippen LogP contribution in [0.15, 0.2) is 47.5 Å². The molecule has 1 N–H and O–H groups in total. The monoisotopic (exact) mass is 365 g/mol. The normalized spacial score (nSPS) is 11.2. The average molecular weight is 365 g/mol. The number of hydrogen-bond donors (Lipinski definition) is 1. The highest BCUT2D eigenvalue weighted by molar-refractivity contribution is 5.81. The Labute approximate surface area is 155 Å². The molecule has 8 nitrogen and oxygen atoms in total. The second-order valence-corrected chi connectivity index (χ2v) is 6.17. The first-order valence-corrected chi connectivity index (χ1v) is 8.37. The van der Waals surface area contributed by atoms with Gasteiger partial charge in [-0.1, -0.05) is 12.1 Å². The van der Waals surface area contributed by atoms with Gasteiger partial charge in [0.2, 0.25) is 0 Å². The van der Waals surface area contributed by atoms with Crippen molar-refractivity contribution < 1.29 is 9.47 Å². The molecule has 0 fully saturated rings. The fourth-order valence-electron chi connectivity index (χ4n) is 3.09. The summed E-state index contributed by atoms with van der Waals surface area (Å²) in [5, 5.41) is 7.27. The van der Waals surface area contributed by atoms with E-state index in [2.05, 4.69) is 10.2 Å². The zero-order valence-electron chi connectivity index (χ0n) is 15.3. The average Bonchev–Trinajstić information content (AvgIpc) is 3.26. The van der Waals surface area contributed by atoms with Gasteiger partial charge in [-0.05, 0) is 17.7 Å². The van der Waals surface area contributed by atoms with Crippen molar-refractivity contribution in [1.29, 1.82) is 0 Å². The molecule has 3 heterocycles. The molecule has 0 atom stereocenters. The minimum absolute atomic E-state index is 0.198. The van der Waals surface area contributed by atoms with Crippen LogP contribution in [0.5, 0.6) is 5.75 Å². The van der Waals surface area contributed by atoms with E-state index in [9.17, 15) is 4.79 Å². The molecular formula is C19H19N5O3. The Morgan fingerprint density at radius 2 is 1.93 bits per heavy atom. The van der Waals surface area contributed by atoms with E-state index in [1.807, 2.05) is 37.5 Å². The molecule has 4 rings (SSSR count). The van der Waals surface area contributed by atoms with E-state index >= 15 is 0 Å². The Hall–Kier alpha value is -3.39. The summed E-state index contributed by atoms with van der Waals surface area (Å²) >= 11 is 0. The number of hydrogen-bond acceptors (Lipinski definition) is 5. The zero-order chi connectivity index (χ0) is 19.0. The highest BCUT2D eigenvalue weighted by atomic mass is 16.5. The van der Waals surface area contributed by atoms with Gasteiger partial charge in [-0.3, -0.25) is 14.6 Å². The number of aromatic amines is 1. The predicted molar refractivity (Wildman–Crippen MR) is 101 cm³/mol. The standard InChI is InChI=1S/C19H19N5O3/c1-23-10-13(9-20-23)15-8-17(25)24-19(21-15)18(16(22-24)11-26-2)12-4-6-14(27-3)7-5-12/h4-10,22H,11H2,1-3H3. The number of nitrogens with zero attached hydrogens (tertiary/aromatic N) is 4. The van der Waals surface area contributed by atoms with Gasteiger partial charge in [0.05, 0.1) is 31.3 Å². The lowest BCUT2D eigenvalue weighted by Gasteiger charge is -2.05. The highest BCUT2D eigenvalue weighted by Gasteiger charge is 2.18. The molecule has 0 aliphatic heterocycles. The molecule has 1 aromatic carbocycles. The van der Waals surface area contributed by atoms with Crippen LogP contribution < -0.4 is 10.3 Å². The Morgan fingerprint density at radius 1 is 1.15 bits per heavy atom. The predicted octanol–water partition coefficient (Wildman–Crippen LogP) is 2.25. The summed E-state index contributed by atoms with van der Waals surface area (Å²) in [5.74, 6) is 0.757. The summed E-state index contributed by atoms with van der Waals surface area (Å²) in [5.41, 5.74) is 4.21. The lowest BCUT2D eigenvalue weighted by atomic mass is 10.1. The first-order valence-electron chi connectivity index (χ1n) is 8.37. The van der Waals surface area contributed by atoms with Crippen molar-refractivity contribution in [1.82, 2.24) is 24.4 Å². The first-order chi connectivity index (χ1) is 13.1. The number of rotatable bonds is 5. The van der Waals surface area contributed by atoms with Gasteiger partial charge in [-0.25, -0.2) is 9.50 Å². The second-order valence-electron chi connectivity index (χ2n) is 6.17. The van der Waals surface area contributed by atoms with E-state index in [1.54, 1.807) is 25.1 Å². The molecule has 138 valence electrons. The highest BCUT2D eigenvalue weighted by Crippen LogP contribution is 2.30. The molecule has 0 aliphatic rings. The molecule has 0 spiro atoms. The van der Waals surface area contributed by atoms with Crippen molar-refractivity contribution in [2.24, 2.45) is 7.05 Å². The molecule has 3 aromatic heterocycles. The summed E-state index contributed by atoms with van der Waals surface area (Å²) in [6.07, 6.45) is 3.52. The van der Waals surface area contributed by atoms with Crippen molar-refractivity contribution in [2.75, 3.05) is 14.2 Å². The van der Waals surface area contributed by atoms with E-state index in [1.165, 1.54) is 10.6 Å². The number of H-pyrrole nitrogens is 1. The summed E-state index contributed by atoms with van der Waals surface area (Å²) in [7, 11) is 5.06. The largest absolute Gasteiger partial charge is 0.497 e. The van der Waals surface area contributed by atoms with Crippen LogP contribution in [0, 0.1) is 0 Å². The van der Waals surface area contributed by atoms with Crippen LogP contribution in [-0.4, -0.2) is 38.6 Å². The number of methoxy groups -OCH3 is 2. The van der Waals surface area contributed by atoms with Crippen LogP contribution >= 0.6 is 0 Å². The van der Waals surface area contributed by atoms with Crippen molar-refractivity contribution in [3.63, 3.8) is 0 Å². The smallest absolute Gasteiger partial charge is 0.273 e. The Kier molecular flexibility index (Phi) is 4.25. The molecule has 4 aromatic rings. The number of aromatic nitrogens is 5. The van der Waals surface area contributed by atoms with Gasteiger partial charge in [0.25, 0.3) is 5.56 Å². The lowest BCUT2D eigenvalue weighted by molar-refractivity contribution is 0.181. The van der Waals surface area contributed by atoms with E-state index < -0.39 is 0 Å². The van der Waals surface area contributed by atoms with Gasteiger partial charge in [-0.15, -0.1) is 0 Å². The quantitative estimate of drug-likeness (QED) is 0.586. The van der Waals surface area contributed by atoms with Crippen LogP contribution in [0.2, 0.25) is 0 Å². The van der Waals surface area contributed by atoms with Gasteiger partial charge in [0.1, 0.15) is 5.75 Å². The Morgan fingerprint density at radius 3 is 2.56 bits per heavy atom. The molecule has 0 unspecified atom stereocenters. The molecule has 27 heavy (non-hydrogen) atoms. The third-order valence-electron chi connectivity index (χ3n) is 4.36. The van der Waals surface area contributed by atoms with Crippen molar-refractivity contribution in [2.45, 2.75) is 6.61 Å². The van der Waals surface area contributed by atoms with Crippen LogP contribution in [0.3, 0.4) is 0 Å². The van der Waals surface area contributed by atoms with Gasteiger partial charge in [0, 0.05) is 37.5 Å². The van der Waals surface area contributed by atoms with E-state index in [-0.39, 0.29) is 5.56 Å². The summed E-state index contributed by atoms with van der Waals surface area (Å²) < 4.78 is 13.7. The number of aryl methyl sites for hydroxylation is 1. The number of nitrogens with one attached hydrogen (secondary N) is 1. The number of benzene rings is 1. The van der Waals surface area contributed by atoms with Crippen LogP contribution in [0.25, 0.3) is 28.0 Å². The Bertz CT molecular complexity index is 1150. The molecule has 0 saturated carbocycles. The Balaban J connectivity index is 1.97. The molecule has 0 amide bonds. The second kappa shape index (κ2) is 6.73. The number of fused-ring (bicyclic) bond motifs is 1. The van der Waals surface area contributed by atoms with Crippen molar-refractivity contribution in [3.05, 3.63) is 58.8 Å². The molecule has 8 heteroatoms. The van der Waals surface area contributed by atoms with Gasteiger partial charge >= 0.3 is 0 Å². The summed E-state index contributed by atoms with van der Waals surface area (Å²) in [6.45, 7) is 0.326. The fourth-order valence-corrected chi connectivity index (χ4v) is 3.09. The third-order valence-corrected chi connectivity index (χ3v) is 4.36. The summed E-state index contributed by atoms with van der Waals surface area (Å²) in [6, 6.07) is 9.11. The van der Waals surface area contributed by atoms with Gasteiger partial charge in [-0.2, -0.15) is 5.10 Å². The van der Waals surface area contributed by atoms with Gasteiger partial charge < -0.3 is 9.47 Å². The molecule has 0 radical (unpaired) electrons. The topological polar surface area (TPSA) is 86.4 Å². The minimum atomic E-state index is -0.198. The van der Waals surface area contributed by atoms with Gasteiger partial charge in [0.15, 0.2) is 5.65 Å². The van der Waals surface area contributed by atoms with Crippen molar-refractivity contribution >= 4 is 5.65 Å². The maximum atomic E-state index is 12.7. The maximum Gasteiger partial charge on any atom is 0.273 e. The number of ether oxygens (including phenoxy) is 2. The molecule has 0 bridgehead atoms. The van der Waals surface area contributed by atoms with Crippen molar-refractivity contribution in [3.8, 4) is 28.1 Å².